The highest BCUT2D eigenvalue weighted by atomic mass is 16.3. The highest BCUT2D eigenvalue weighted by Crippen LogP contribution is 2.65. The molecular formula is C19H28O2. The van der Waals surface area contributed by atoms with Crippen molar-refractivity contribution in [2.45, 2.75) is 71.3 Å². The SMILES string of the molecule is [3H]C1CC2C(CC[C@@]3(C)C2CC[C@@H]3O)[C@@]2(C)CCC(=O)C=C12. The molecule has 2 nitrogen and oxygen atoms in total. The van der Waals surface area contributed by atoms with Crippen molar-refractivity contribution in [3.8, 4) is 0 Å². The van der Waals surface area contributed by atoms with Crippen LogP contribution in [0.15, 0.2) is 11.6 Å². The molecule has 0 saturated heterocycles. The van der Waals surface area contributed by atoms with Gasteiger partial charge in [-0.05, 0) is 79.6 Å². The van der Waals surface area contributed by atoms with Crippen molar-refractivity contribution in [3.05, 3.63) is 11.6 Å². The zero-order valence-electron chi connectivity index (χ0n) is 14.3. The molecule has 0 amide bonds. The van der Waals surface area contributed by atoms with Crippen LogP contribution in [-0.2, 0) is 4.79 Å². The Morgan fingerprint density at radius 3 is 2.81 bits per heavy atom. The summed E-state index contributed by atoms with van der Waals surface area (Å²) in [4.78, 5) is 11.8. The number of hydrogen-bond acceptors (Lipinski definition) is 2. The summed E-state index contributed by atoms with van der Waals surface area (Å²) in [5.41, 5.74) is 1.24. The summed E-state index contributed by atoms with van der Waals surface area (Å²) >= 11 is 0. The lowest BCUT2D eigenvalue weighted by Crippen LogP contribution is -2.51. The summed E-state index contributed by atoms with van der Waals surface area (Å²) in [7, 11) is 0. The van der Waals surface area contributed by atoms with Gasteiger partial charge >= 0.3 is 0 Å². The van der Waals surface area contributed by atoms with Gasteiger partial charge in [-0.3, -0.25) is 4.79 Å². The number of fused-ring (bicyclic) bond motifs is 5. The zero-order valence-corrected chi connectivity index (χ0v) is 13.3. The van der Waals surface area contributed by atoms with E-state index in [1.807, 2.05) is 6.08 Å². The Balaban J connectivity index is 1.73. The molecular weight excluding hydrogens is 260 g/mol. The molecule has 4 unspecified atom stereocenters. The van der Waals surface area contributed by atoms with Crippen molar-refractivity contribution in [3.63, 3.8) is 0 Å². The van der Waals surface area contributed by atoms with Gasteiger partial charge in [-0.15, -0.1) is 0 Å². The van der Waals surface area contributed by atoms with E-state index in [-0.39, 0.29) is 29.1 Å². The average Bonchev–Trinajstić information content (AvgIpc) is 2.77. The van der Waals surface area contributed by atoms with Crippen molar-refractivity contribution in [2.24, 2.45) is 28.6 Å². The van der Waals surface area contributed by atoms with Crippen LogP contribution in [0.25, 0.3) is 0 Å². The van der Waals surface area contributed by atoms with Crippen LogP contribution in [0.2, 0.25) is 0 Å². The second-order valence-corrected chi connectivity index (χ2v) is 8.44. The van der Waals surface area contributed by atoms with E-state index in [0.29, 0.717) is 24.2 Å². The highest BCUT2D eigenvalue weighted by molar-refractivity contribution is 5.91. The summed E-state index contributed by atoms with van der Waals surface area (Å²) in [5.74, 6) is 1.97. The summed E-state index contributed by atoms with van der Waals surface area (Å²) < 4.78 is 8.62. The zero-order chi connectivity index (χ0) is 15.7. The largest absolute Gasteiger partial charge is 0.393 e. The standard InChI is InChI=1S/C19H28O2/c1-18-9-7-13(20)11-12(18)3-4-14-15-5-6-17(21)19(15,2)10-8-16(14)18/h11,14-17,21H,3-10H2,1-2H3/t14?,15?,16?,17-,18-,19-/m0/s1/i3T/t3?,14?,15?,16?,17-,18-,19-. The topological polar surface area (TPSA) is 37.3 Å². The lowest BCUT2D eigenvalue weighted by Gasteiger charge is -2.57. The normalized spacial score (nSPS) is 56.9. The number of carbonyl (C=O) groups is 1. The van der Waals surface area contributed by atoms with Crippen LogP contribution in [0, 0.1) is 28.6 Å². The first-order valence-electron chi connectivity index (χ1n) is 9.29. The molecule has 2 heteroatoms. The van der Waals surface area contributed by atoms with Crippen molar-refractivity contribution in [1.82, 2.24) is 0 Å². The number of aliphatic hydroxyl groups is 1. The van der Waals surface area contributed by atoms with Crippen molar-refractivity contribution in [2.75, 3.05) is 0 Å². The van der Waals surface area contributed by atoms with Crippen LogP contribution in [0.4, 0.5) is 0 Å². The predicted molar refractivity (Wildman–Crippen MR) is 82.7 cm³/mol. The van der Waals surface area contributed by atoms with Crippen LogP contribution < -0.4 is 0 Å². The number of carbonyl (C=O) groups excluding carboxylic acids is 1. The minimum atomic E-state index is -0.212. The minimum absolute atomic E-state index is 0.0537. The van der Waals surface area contributed by atoms with Crippen LogP contribution >= 0.6 is 0 Å². The Morgan fingerprint density at radius 1 is 1.19 bits per heavy atom. The van der Waals surface area contributed by atoms with E-state index in [1.165, 1.54) is 0 Å². The molecule has 0 aliphatic heterocycles. The molecule has 1 N–H and O–H groups in total. The van der Waals surface area contributed by atoms with Gasteiger partial charge in [0.15, 0.2) is 5.78 Å². The van der Waals surface area contributed by atoms with Gasteiger partial charge in [-0.25, -0.2) is 0 Å². The van der Waals surface area contributed by atoms with Crippen molar-refractivity contribution in [1.29, 1.82) is 0 Å². The van der Waals surface area contributed by atoms with Gasteiger partial charge in [-0.2, -0.15) is 0 Å². The van der Waals surface area contributed by atoms with Crippen LogP contribution in [0.5, 0.6) is 0 Å². The summed E-state index contributed by atoms with van der Waals surface area (Å²) in [6.07, 6.45) is 8.26. The Kier molecular flexibility index (Phi) is 2.72. The van der Waals surface area contributed by atoms with Crippen LogP contribution in [0.1, 0.15) is 66.6 Å². The molecule has 0 radical (unpaired) electrons. The number of allylic oxidation sites excluding steroid dienone is 1. The molecule has 7 atom stereocenters. The fourth-order valence-corrected chi connectivity index (χ4v) is 6.27. The van der Waals surface area contributed by atoms with Crippen molar-refractivity contribution < 1.29 is 11.3 Å². The maximum absolute atomic E-state index is 11.8. The van der Waals surface area contributed by atoms with E-state index < -0.39 is 0 Å². The molecule has 116 valence electrons. The number of aliphatic hydroxyl groups excluding tert-OH is 1. The molecule has 4 rings (SSSR count). The third-order valence-electron chi connectivity index (χ3n) is 7.68. The smallest absolute Gasteiger partial charge is 0.155 e. The van der Waals surface area contributed by atoms with E-state index in [9.17, 15) is 9.90 Å². The quantitative estimate of drug-likeness (QED) is 0.735. The Bertz CT molecular complexity index is 542. The average molecular weight is 290 g/mol. The molecule has 3 saturated carbocycles. The summed E-state index contributed by atoms with van der Waals surface area (Å²) in [6.45, 7) is 4.60. The maximum Gasteiger partial charge on any atom is 0.155 e. The van der Waals surface area contributed by atoms with E-state index in [4.69, 9.17) is 1.37 Å². The number of rotatable bonds is 0. The second kappa shape index (κ2) is 4.44. The second-order valence-electron chi connectivity index (χ2n) is 8.44. The molecule has 0 aromatic heterocycles. The molecule has 0 spiro atoms. The van der Waals surface area contributed by atoms with E-state index in [2.05, 4.69) is 13.8 Å². The first-order chi connectivity index (χ1) is 10.4. The Labute approximate surface area is 129 Å². The number of ketones is 1. The Hall–Kier alpha value is -0.630. The Morgan fingerprint density at radius 2 is 2.00 bits per heavy atom. The van der Waals surface area contributed by atoms with Gasteiger partial charge in [-0.1, -0.05) is 19.4 Å². The summed E-state index contributed by atoms with van der Waals surface area (Å²) in [6, 6.07) is 0. The fourth-order valence-electron chi connectivity index (χ4n) is 6.27. The number of hydrogen-bond donors (Lipinski definition) is 1. The molecule has 4 aliphatic carbocycles. The first kappa shape index (κ1) is 12.9. The van der Waals surface area contributed by atoms with Crippen molar-refractivity contribution >= 4 is 5.78 Å². The van der Waals surface area contributed by atoms with Gasteiger partial charge in [0.05, 0.1) is 6.10 Å². The summed E-state index contributed by atoms with van der Waals surface area (Å²) in [5, 5.41) is 10.5. The predicted octanol–water partition coefficient (Wildman–Crippen LogP) is 3.88. The maximum atomic E-state index is 11.8. The third-order valence-corrected chi connectivity index (χ3v) is 7.68. The lowest BCUT2D eigenvalue weighted by molar-refractivity contribution is -0.118. The third kappa shape index (κ3) is 1.78. The van der Waals surface area contributed by atoms with E-state index in [0.717, 1.165) is 44.1 Å². The van der Waals surface area contributed by atoms with Crippen LogP contribution in [-0.4, -0.2) is 17.0 Å². The molecule has 0 aromatic rings. The molecule has 21 heavy (non-hydrogen) atoms. The molecule has 4 aliphatic rings. The monoisotopic (exact) mass is 290 g/mol. The van der Waals surface area contributed by atoms with Gasteiger partial charge in [0, 0.05) is 7.79 Å². The fraction of sp³-hybridized carbons (Fsp3) is 0.842. The molecule has 3 fully saturated rings. The molecule has 0 bridgehead atoms. The van der Waals surface area contributed by atoms with Gasteiger partial charge in [0.2, 0.25) is 0 Å². The van der Waals surface area contributed by atoms with E-state index >= 15 is 0 Å². The van der Waals surface area contributed by atoms with E-state index in [1.54, 1.807) is 0 Å². The van der Waals surface area contributed by atoms with Gasteiger partial charge in [0.25, 0.3) is 0 Å². The molecule has 0 aromatic carbocycles. The lowest BCUT2D eigenvalue weighted by atomic mass is 9.47. The first-order valence-corrected chi connectivity index (χ1v) is 8.71. The van der Waals surface area contributed by atoms with Crippen LogP contribution in [0.3, 0.4) is 0 Å². The highest BCUT2D eigenvalue weighted by Gasteiger charge is 2.58. The minimum Gasteiger partial charge on any atom is -0.393 e. The van der Waals surface area contributed by atoms with Gasteiger partial charge < -0.3 is 5.11 Å². The molecule has 0 heterocycles. The van der Waals surface area contributed by atoms with Gasteiger partial charge in [0.1, 0.15) is 0 Å².